The summed E-state index contributed by atoms with van der Waals surface area (Å²) in [6, 6.07) is 0. The van der Waals surface area contributed by atoms with E-state index in [1.807, 2.05) is 13.8 Å². The maximum Gasteiger partial charge on any atom is 0.225 e. The summed E-state index contributed by atoms with van der Waals surface area (Å²) in [5.41, 5.74) is 0. The Bertz CT molecular complexity index is 179. The zero-order valence-electron chi connectivity index (χ0n) is 9.01. The first kappa shape index (κ1) is 11.5. The Labute approximate surface area is 85.4 Å². The van der Waals surface area contributed by atoms with Crippen molar-refractivity contribution in [3.63, 3.8) is 0 Å². The van der Waals surface area contributed by atoms with Crippen LogP contribution >= 0.6 is 0 Å². The summed E-state index contributed by atoms with van der Waals surface area (Å²) >= 11 is 0. The van der Waals surface area contributed by atoms with Crippen LogP contribution in [0.15, 0.2) is 0 Å². The fourth-order valence-electron chi connectivity index (χ4n) is 1.22. The molecule has 4 nitrogen and oxygen atoms in total. The van der Waals surface area contributed by atoms with E-state index in [0.29, 0.717) is 0 Å². The molecule has 82 valence electrons. The Hall–Kier alpha value is -0.610. The zero-order chi connectivity index (χ0) is 10.4. The van der Waals surface area contributed by atoms with Gasteiger partial charge < -0.3 is 15.4 Å². The lowest BCUT2D eigenvalue weighted by Gasteiger charge is -2.25. The van der Waals surface area contributed by atoms with Crippen LogP contribution in [0.3, 0.4) is 0 Å². The van der Waals surface area contributed by atoms with Crippen LogP contribution in [0, 0.1) is 5.92 Å². The fraction of sp³-hybridized carbons (Fsp3) is 0.900. The highest BCUT2D eigenvalue weighted by molar-refractivity contribution is 5.79. The lowest BCUT2D eigenvalue weighted by Crippen LogP contribution is -2.50. The second-order valence-electron chi connectivity index (χ2n) is 3.92. The third-order valence-electron chi connectivity index (χ3n) is 2.22. The van der Waals surface area contributed by atoms with Crippen molar-refractivity contribution in [2.75, 3.05) is 26.2 Å². The molecule has 1 heterocycles. The van der Waals surface area contributed by atoms with Crippen molar-refractivity contribution in [1.82, 2.24) is 10.6 Å². The van der Waals surface area contributed by atoms with E-state index in [4.69, 9.17) is 4.74 Å². The lowest BCUT2D eigenvalue weighted by atomic mass is 10.0. The number of amides is 1. The molecule has 0 bridgehead atoms. The van der Waals surface area contributed by atoms with Crippen molar-refractivity contribution in [3.8, 4) is 0 Å². The van der Waals surface area contributed by atoms with Gasteiger partial charge in [-0.1, -0.05) is 0 Å². The summed E-state index contributed by atoms with van der Waals surface area (Å²) in [5.74, 6) is 0.370. The van der Waals surface area contributed by atoms with E-state index in [1.165, 1.54) is 0 Å². The summed E-state index contributed by atoms with van der Waals surface area (Å²) in [6.45, 7) is 7.13. The monoisotopic (exact) mass is 200 g/mol. The van der Waals surface area contributed by atoms with E-state index < -0.39 is 0 Å². The number of rotatable bonds is 6. The molecule has 14 heavy (non-hydrogen) atoms. The molecule has 0 aliphatic carbocycles. The van der Waals surface area contributed by atoms with Crippen LogP contribution in [-0.2, 0) is 9.53 Å². The standard InChI is InChI=1S/C10H20N2O2/c1-8(2)14-5-3-4-12-10(13)9-6-11-7-9/h8-9,11H,3-7H2,1-2H3,(H,12,13). The zero-order valence-corrected chi connectivity index (χ0v) is 9.01. The first-order valence-corrected chi connectivity index (χ1v) is 5.30. The third kappa shape index (κ3) is 4.07. The fourth-order valence-corrected chi connectivity index (χ4v) is 1.22. The maximum atomic E-state index is 11.3. The van der Waals surface area contributed by atoms with E-state index in [2.05, 4.69) is 10.6 Å². The van der Waals surface area contributed by atoms with E-state index in [0.717, 1.165) is 32.7 Å². The molecule has 1 rings (SSSR count). The summed E-state index contributed by atoms with van der Waals surface area (Å²) < 4.78 is 5.36. The second kappa shape index (κ2) is 5.98. The van der Waals surface area contributed by atoms with Crippen LogP contribution < -0.4 is 10.6 Å². The minimum atomic E-state index is 0.174. The molecule has 0 saturated carbocycles. The van der Waals surface area contributed by atoms with Gasteiger partial charge in [-0.3, -0.25) is 4.79 Å². The number of ether oxygens (including phenoxy) is 1. The number of carbonyl (C=O) groups excluding carboxylic acids is 1. The van der Waals surface area contributed by atoms with Gasteiger partial charge >= 0.3 is 0 Å². The molecule has 0 spiro atoms. The predicted octanol–water partition coefficient (Wildman–Crippen LogP) is 0.137. The van der Waals surface area contributed by atoms with Gasteiger partial charge in [0.05, 0.1) is 12.0 Å². The molecule has 1 fully saturated rings. The van der Waals surface area contributed by atoms with Gasteiger partial charge in [0.2, 0.25) is 5.91 Å². The van der Waals surface area contributed by atoms with Crippen LogP contribution in [-0.4, -0.2) is 38.3 Å². The van der Waals surface area contributed by atoms with Crippen molar-refractivity contribution in [3.05, 3.63) is 0 Å². The maximum absolute atomic E-state index is 11.3. The molecule has 0 atom stereocenters. The summed E-state index contributed by atoms with van der Waals surface area (Å²) in [6.07, 6.45) is 1.17. The van der Waals surface area contributed by atoms with Crippen molar-refractivity contribution in [2.24, 2.45) is 5.92 Å². The highest BCUT2D eigenvalue weighted by Gasteiger charge is 2.23. The number of hydrogen-bond acceptors (Lipinski definition) is 3. The molecule has 0 radical (unpaired) electrons. The molecule has 1 aliphatic heterocycles. The van der Waals surface area contributed by atoms with Gasteiger partial charge in [-0.2, -0.15) is 0 Å². The first-order chi connectivity index (χ1) is 6.70. The largest absolute Gasteiger partial charge is 0.379 e. The molecule has 4 heteroatoms. The third-order valence-corrected chi connectivity index (χ3v) is 2.22. The molecule has 1 saturated heterocycles. The Morgan fingerprint density at radius 2 is 2.29 bits per heavy atom. The minimum absolute atomic E-state index is 0.174. The molecule has 0 aromatic heterocycles. The summed E-state index contributed by atoms with van der Waals surface area (Å²) in [7, 11) is 0. The molecular formula is C10H20N2O2. The summed E-state index contributed by atoms with van der Waals surface area (Å²) in [4.78, 5) is 11.3. The van der Waals surface area contributed by atoms with E-state index in [-0.39, 0.29) is 17.9 Å². The van der Waals surface area contributed by atoms with Gasteiger partial charge in [0.1, 0.15) is 0 Å². The SMILES string of the molecule is CC(C)OCCCNC(=O)C1CNC1. The van der Waals surface area contributed by atoms with E-state index >= 15 is 0 Å². The average Bonchev–Trinajstić information content (AvgIpc) is 1.99. The van der Waals surface area contributed by atoms with Gasteiger partial charge in [-0.05, 0) is 20.3 Å². The highest BCUT2D eigenvalue weighted by Crippen LogP contribution is 2.01. The Kier molecular flexibility index (Phi) is 4.90. The molecule has 0 aromatic carbocycles. The first-order valence-electron chi connectivity index (χ1n) is 5.30. The Balaban J connectivity index is 1.90. The van der Waals surface area contributed by atoms with Crippen LogP contribution in [0.4, 0.5) is 0 Å². The molecular weight excluding hydrogens is 180 g/mol. The highest BCUT2D eigenvalue weighted by atomic mass is 16.5. The summed E-state index contributed by atoms with van der Waals surface area (Å²) in [5, 5.41) is 5.97. The van der Waals surface area contributed by atoms with Gasteiger partial charge in [0.25, 0.3) is 0 Å². The topological polar surface area (TPSA) is 50.4 Å². The quantitative estimate of drug-likeness (QED) is 0.600. The predicted molar refractivity (Wildman–Crippen MR) is 55.1 cm³/mol. The van der Waals surface area contributed by atoms with Crippen LogP contribution in [0.5, 0.6) is 0 Å². The van der Waals surface area contributed by atoms with E-state index in [9.17, 15) is 4.79 Å². The van der Waals surface area contributed by atoms with Crippen molar-refractivity contribution in [2.45, 2.75) is 26.4 Å². The van der Waals surface area contributed by atoms with Crippen molar-refractivity contribution >= 4 is 5.91 Å². The smallest absolute Gasteiger partial charge is 0.225 e. The van der Waals surface area contributed by atoms with Crippen molar-refractivity contribution in [1.29, 1.82) is 0 Å². The second-order valence-corrected chi connectivity index (χ2v) is 3.92. The van der Waals surface area contributed by atoms with Gasteiger partial charge in [0, 0.05) is 26.2 Å². The number of nitrogens with one attached hydrogen (secondary N) is 2. The Morgan fingerprint density at radius 3 is 2.79 bits per heavy atom. The van der Waals surface area contributed by atoms with Crippen LogP contribution in [0.1, 0.15) is 20.3 Å². The molecule has 0 unspecified atom stereocenters. The molecule has 1 amide bonds. The molecule has 0 aromatic rings. The average molecular weight is 200 g/mol. The normalized spacial score (nSPS) is 16.8. The van der Waals surface area contributed by atoms with Crippen LogP contribution in [0.2, 0.25) is 0 Å². The lowest BCUT2D eigenvalue weighted by molar-refractivity contribution is -0.126. The minimum Gasteiger partial charge on any atom is -0.379 e. The van der Waals surface area contributed by atoms with Crippen LogP contribution in [0.25, 0.3) is 0 Å². The molecule has 1 aliphatic rings. The van der Waals surface area contributed by atoms with Gasteiger partial charge in [-0.15, -0.1) is 0 Å². The Morgan fingerprint density at radius 1 is 1.57 bits per heavy atom. The van der Waals surface area contributed by atoms with Gasteiger partial charge in [-0.25, -0.2) is 0 Å². The molecule has 2 N–H and O–H groups in total. The van der Waals surface area contributed by atoms with Gasteiger partial charge in [0.15, 0.2) is 0 Å². The number of hydrogen-bond donors (Lipinski definition) is 2. The number of carbonyl (C=O) groups is 1. The van der Waals surface area contributed by atoms with E-state index in [1.54, 1.807) is 0 Å². The van der Waals surface area contributed by atoms with Crippen molar-refractivity contribution < 1.29 is 9.53 Å².